The van der Waals surface area contributed by atoms with Crippen molar-refractivity contribution in [3.05, 3.63) is 87.8 Å². The monoisotopic (exact) mass is 496 g/mol. The molecule has 8 nitrogen and oxygen atoms in total. The van der Waals surface area contributed by atoms with Crippen molar-refractivity contribution >= 4 is 22.9 Å². The van der Waals surface area contributed by atoms with Gasteiger partial charge in [0.25, 0.3) is 11.5 Å². The summed E-state index contributed by atoms with van der Waals surface area (Å²) < 4.78 is 43.6. The average molecular weight is 496 g/mol. The minimum atomic E-state index is -4.47. The molecule has 3 N–H and O–H groups in total. The van der Waals surface area contributed by atoms with Crippen LogP contribution in [0, 0.1) is 0 Å². The van der Waals surface area contributed by atoms with Crippen LogP contribution in [0.1, 0.15) is 28.5 Å². The van der Waals surface area contributed by atoms with Gasteiger partial charge in [0.2, 0.25) is 5.88 Å². The highest BCUT2D eigenvalue weighted by atomic mass is 19.4. The SMILES string of the molecule is CCOc1nc(-c2ccccc2)cc2c(O)c(C(=O)N/N=C/c3ccc(C(F)(F)F)cc3)[nH]c(=O)c12. The Labute approximate surface area is 202 Å². The number of halogens is 3. The minimum Gasteiger partial charge on any atom is -0.505 e. The van der Waals surface area contributed by atoms with Crippen LogP contribution in [0.5, 0.6) is 11.6 Å². The number of nitrogens with one attached hydrogen (secondary N) is 2. The Morgan fingerprint density at radius 3 is 2.50 bits per heavy atom. The third kappa shape index (κ3) is 5.04. The highest BCUT2D eigenvalue weighted by molar-refractivity contribution is 6.03. The summed E-state index contributed by atoms with van der Waals surface area (Å²) >= 11 is 0. The first kappa shape index (κ1) is 24.5. The van der Waals surface area contributed by atoms with Crippen molar-refractivity contribution in [2.75, 3.05) is 6.61 Å². The molecule has 184 valence electrons. The third-order valence-electron chi connectivity index (χ3n) is 5.14. The molecule has 4 rings (SSSR count). The number of carbonyl (C=O) groups is 1. The van der Waals surface area contributed by atoms with Gasteiger partial charge in [0.1, 0.15) is 5.39 Å². The lowest BCUT2D eigenvalue weighted by molar-refractivity contribution is -0.137. The topological polar surface area (TPSA) is 117 Å². The van der Waals surface area contributed by atoms with E-state index >= 15 is 0 Å². The lowest BCUT2D eigenvalue weighted by Gasteiger charge is -2.12. The van der Waals surface area contributed by atoms with E-state index in [1.54, 1.807) is 31.2 Å². The van der Waals surface area contributed by atoms with Crippen molar-refractivity contribution < 1.29 is 27.8 Å². The maximum atomic E-state index is 12.8. The predicted octanol–water partition coefficient (Wildman–Crippen LogP) is 4.48. The van der Waals surface area contributed by atoms with E-state index in [9.17, 15) is 27.9 Å². The molecule has 0 unspecified atom stereocenters. The number of pyridine rings is 2. The van der Waals surface area contributed by atoms with E-state index in [-0.39, 0.29) is 23.3 Å². The molecule has 0 bridgehead atoms. The lowest BCUT2D eigenvalue weighted by Crippen LogP contribution is -2.23. The number of benzene rings is 2. The van der Waals surface area contributed by atoms with Crippen LogP contribution in [0.4, 0.5) is 13.2 Å². The molecule has 0 aliphatic heterocycles. The van der Waals surface area contributed by atoms with Crippen molar-refractivity contribution in [2.24, 2.45) is 5.10 Å². The van der Waals surface area contributed by atoms with Crippen LogP contribution in [0.15, 0.2) is 70.6 Å². The van der Waals surface area contributed by atoms with E-state index < -0.39 is 34.6 Å². The van der Waals surface area contributed by atoms with Gasteiger partial charge in [-0.3, -0.25) is 9.59 Å². The Hall–Kier alpha value is -4.67. The molecule has 0 fully saturated rings. The first-order valence-corrected chi connectivity index (χ1v) is 10.7. The molecule has 1 amide bonds. The van der Waals surface area contributed by atoms with Crippen LogP contribution in [-0.4, -0.2) is 33.8 Å². The Morgan fingerprint density at radius 1 is 1.17 bits per heavy atom. The fourth-order valence-electron chi connectivity index (χ4n) is 3.44. The van der Waals surface area contributed by atoms with Crippen LogP contribution in [0.3, 0.4) is 0 Å². The van der Waals surface area contributed by atoms with Gasteiger partial charge in [-0.1, -0.05) is 42.5 Å². The zero-order valence-corrected chi connectivity index (χ0v) is 18.8. The summed E-state index contributed by atoms with van der Waals surface area (Å²) in [6.07, 6.45) is -3.35. The summed E-state index contributed by atoms with van der Waals surface area (Å²) in [6, 6.07) is 14.6. The molecule has 2 heterocycles. The van der Waals surface area contributed by atoms with E-state index in [0.717, 1.165) is 18.3 Å². The number of hydrogen-bond acceptors (Lipinski definition) is 6. The summed E-state index contributed by atoms with van der Waals surface area (Å²) in [5.41, 5.74) is 1.56. The molecule has 2 aromatic heterocycles. The summed E-state index contributed by atoms with van der Waals surface area (Å²) in [5.74, 6) is -1.46. The first-order chi connectivity index (χ1) is 17.2. The van der Waals surface area contributed by atoms with Crippen molar-refractivity contribution in [1.29, 1.82) is 0 Å². The number of rotatable bonds is 6. The van der Waals surface area contributed by atoms with E-state index in [1.165, 1.54) is 18.2 Å². The van der Waals surface area contributed by atoms with E-state index in [0.29, 0.717) is 16.8 Å². The predicted molar refractivity (Wildman–Crippen MR) is 127 cm³/mol. The second-order valence-corrected chi connectivity index (χ2v) is 7.53. The summed E-state index contributed by atoms with van der Waals surface area (Å²) in [5, 5.41) is 14.6. The zero-order valence-electron chi connectivity index (χ0n) is 18.8. The van der Waals surface area contributed by atoms with Gasteiger partial charge in [0, 0.05) is 10.9 Å². The lowest BCUT2D eigenvalue weighted by atomic mass is 10.1. The molecule has 2 aromatic carbocycles. The number of ether oxygens (including phenoxy) is 1. The Balaban J connectivity index is 1.67. The van der Waals surface area contributed by atoms with Gasteiger partial charge < -0.3 is 14.8 Å². The molecular weight excluding hydrogens is 477 g/mol. The van der Waals surface area contributed by atoms with Gasteiger partial charge in [-0.05, 0) is 30.7 Å². The molecule has 4 aromatic rings. The second-order valence-electron chi connectivity index (χ2n) is 7.53. The summed E-state index contributed by atoms with van der Waals surface area (Å²) in [4.78, 5) is 32.2. The van der Waals surface area contributed by atoms with Crippen molar-refractivity contribution in [2.45, 2.75) is 13.1 Å². The van der Waals surface area contributed by atoms with Crippen LogP contribution < -0.4 is 15.7 Å². The molecule has 0 radical (unpaired) electrons. The number of H-pyrrole nitrogens is 1. The maximum absolute atomic E-state index is 12.8. The Kier molecular flexibility index (Phi) is 6.73. The highest BCUT2D eigenvalue weighted by Gasteiger charge is 2.29. The molecular formula is C25H19F3N4O4. The molecule has 36 heavy (non-hydrogen) atoms. The van der Waals surface area contributed by atoms with Crippen molar-refractivity contribution in [1.82, 2.24) is 15.4 Å². The molecule has 11 heteroatoms. The van der Waals surface area contributed by atoms with Gasteiger partial charge >= 0.3 is 6.18 Å². The van der Waals surface area contributed by atoms with Gasteiger partial charge in [-0.15, -0.1) is 0 Å². The molecule has 0 aliphatic carbocycles. The quantitative estimate of drug-likeness (QED) is 0.269. The van der Waals surface area contributed by atoms with E-state index in [4.69, 9.17) is 4.74 Å². The number of carbonyl (C=O) groups excluding carboxylic acids is 1. The summed E-state index contributed by atoms with van der Waals surface area (Å²) in [7, 11) is 0. The fraction of sp³-hybridized carbons (Fsp3) is 0.120. The highest BCUT2D eigenvalue weighted by Crippen LogP contribution is 2.33. The number of nitrogens with zero attached hydrogens (tertiary/aromatic N) is 2. The number of aromatic nitrogens is 2. The number of aromatic amines is 1. The number of fused-ring (bicyclic) bond motifs is 1. The minimum absolute atomic E-state index is 0.00214. The summed E-state index contributed by atoms with van der Waals surface area (Å²) in [6.45, 7) is 1.93. The molecule has 0 atom stereocenters. The van der Waals surface area contributed by atoms with E-state index in [2.05, 4.69) is 20.5 Å². The molecule has 0 saturated heterocycles. The standard InChI is InChI=1S/C25H19F3N4O4/c1-2-36-24-19-17(12-18(30-24)15-6-4-3-5-7-15)21(33)20(31-22(19)34)23(35)32-29-13-14-8-10-16(11-9-14)25(26,27)28/h3-13,33H,2H2,1H3,(H,31,34)(H,32,35)/b29-13+. The van der Waals surface area contributed by atoms with Crippen molar-refractivity contribution in [3.8, 4) is 22.9 Å². The smallest absolute Gasteiger partial charge is 0.416 e. The zero-order chi connectivity index (χ0) is 25.9. The average Bonchev–Trinajstić information content (AvgIpc) is 2.86. The number of hydrogen-bond donors (Lipinski definition) is 3. The number of hydrazone groups is 1. The second kappa shape index (κ2) is 9.90. The van der Waals surface area contributed by atoms with E-state index in [1.807, 2.05) is 6.07 Å². The van der Waals surface area contributed by atoms with Crippen LogP contribution in [0.25, 0.3) is 22.0 Å². The van der Waals surface area contributed by atoms with Gasteiger partial charge in [0.05, 0.1) is 24.1 Å². The number of alkyl halides is 3. The van der Waals surface area contributed by atoms with Crippen molar-refractivity contribution in [3.63, 3.8) is 0 Å². The largest absolute Gasteiger partial charge is 0.505 e. The number of amides is 1. The Bertz CT molecular complexity index is 1500. The first-order valence-electron chi connectivity index (χ1n) is 10.7. The number of aromatic hydroxyl groups is 1. The fourth-order valence-corrected chi connectivity index (χ4v) is 3.44. The van der Waals surface area contributed by atoms with Crippen LogP contribution in [-0.2, 0) is 6.18 Å². The Morgan fingerprint density at radius 2 is 1.86 bits per heavy atom. The third-order valence-corrected chi connectivity index (χ3v) is 5.14. The van der Waals surface area contributed by atoms with Crippen LogP contribution in [0.2, 0.25) is 0 Å². The normalized spacial score (nSPS) is 11.7. The molecule has 0 spiro atoms. The molecule has 0 aliphatic rings. The van der Waals surface area contributed by atoms with Gasteiger partial charge in [0.15, 0.2) is 11.4 Å². The molecule has 0 saturated carbocycles. The maximum Gasteiger partial charge on any atom is 0.416 e. The van der Waals surface area contributed by atoms with Crippen LogP contribution >= 0.6 is 0 Å². The van der Waals surface area contributed by atoms with Gasteiger partial charge in [-0.2, -0.15) is 18.3 Å². The van der Waals surface area contributed by atoms with Gasteiger partial charge in [-0.25, -0.2) is 10.4 Å².